The smallest absolute Gasteiger partial charge is 0.265 e. The minimum absolute atomic E-state index is 0.0278. The van der Waals surface area contributed by atoms with Gasteiger partial charge in [0.25, 0.3) is 10.0 Å². The number of oxime groups is 1. The van der Waals surface area contributed by atoms with Crippen LogP contribution in [0.1, 0.15) is 5.56 Å². The summed E-state index contributed by atoms with van der Waals surface area (Å²) in [6, 6.07) is 1.23. The number of nitrogens with two attached hydrogens (primary N) is 1. The van der Waals surface area contributed by atoms with Crippen LogP contribution in [0.4, 0.5) is 5.82 Å². The minimum Gasteiger partial charge on any atom is -0.409 e. The summed E-state index contributed by atoms with van der Waals surface area (Å²) in [6.07, 6.45) is 1.26. The van der Waals surface area contributed by atoms with Crippen molar-refractivity contribution in [1.82, 2.24) is 9.78 Å². The predicted octanol–water partition coefficient (Wildman–Crippen LogP) is 1.68. The molecule has 2 aromatic heterocycles. The Morgan fingerprint density at radius 1 is 1.57 bits per heavy atom. The van der Waals surface area contributed by atoms with Crippen molar-refractivity contribution in [1.29, 1.82) is 0 Å². The Morgan fingerprint density at radius 2 is 2.24 bits per heavy atom. The maximum Gasteiger partial charge on any atom is 0.265 e. The molecule has 0 radical (unpaired) electrons. The van der Waals surface area contributed by atoms with Gasteiger partial charge >= 0.3 is 0 Å². The molecule has 0 aliphatic heterocycles. The number of nitrogens with zero attached hydrogens (tertiary/aromatic N) is 3. The van der Waals surface area contributed by atoms with Gasteiger partial charge in [0.1, 0.15) is 15.0 Å². The molecule has 2 heterocycles. The van der Waals surface area contributed by atoms with Crippen molar-refractivity contribution in [3.63, 3.8) is 0 Å². The second-order valence-corrected chi connectivity index (χ2v) is 7.75. The number of aromatic nitrogens is 2. The maximum atomic E-state index is 12.3. The maximum absolute atomic E-state index is 12.3. The van der Waals surface area contributed by atoms with E-state index in [1.807, 2.05) is 0 Å². The largest absolute Gasteiger partial charge is 0.409 e. The Kier molecular flexibility index (Phi) is 4.33. The summed E-state index contributed by atoms with van der Waals surface area (Å²) < 4.78 is 28.4. The third-order valence-corrected chi connectivity index (χ3v) is 5.56. The van der Waals surface area contributed by atoms with E-state index in [0.717, 1.165) is 11.3 Å². The Hall–Kier alpha value is -1.49. The topological polar surface area (TPSA) is 123 Å². The number of thiophene rings is 1. The zero-order chi connectivity index (χ0) is 15.8. The van der Waals surface area contributed by atoms with Crippen molar-refractivity contribution < 1.29 is 13.6 Å². The number of rotatable bonds is 4. The van der Waals surface area contributed by atoms with E-state index < -0.39 is 10.0 Å². The molecule has 0 aliphatic carbocycles. The van der Waals surface area contributed by atoms with Crippen LogP contribution in [0.5, 0.6) is 0 Å². The monoisotopic (exact) mass is 369 g/mol. The highest BCUT2D eigenvalue weighted by molar-refractivity contribution is 7.93. The summed E-state index contributed by atoms with van der Waals surface area (Å²) in [5.74, 6) is -0.251. The Labute approximate surface area is 133 Å². The van der Waals surface area contributed by atoms with Crippen LogP contribution in [0.3, 0.4) is 0 Å². The molecular weight excluding hydrogens is 361 g/mol. The first-order valence-corrected chi connectivity index (χ1v) is 8.29. The van der Waals surface area contributed by atoms with Crippen LogP contribution >= 0.6 is 34.5 Å². The molecule has 0 fully saturated rings. The van der Waals surface area contributed by atoms with Gasteiger partial charge in [-0.15, -0.1) is 11.3 Å². The van der Waals surface area contributed by atoms with Crippen LogP contribution < -0.4 is 10.5 Å². The first kappa shape index (κ1) is 15.9. The number of halogens is 2. The van der Waals surface area contributed by atoms with Gasteiger partial charge in [0.05, 0.1) is 16.1 Å². The lowest BCUT2D eigenvalue weighted by atomic mass is 10.3. The van der Waals surface area contributed by atoms with Gasteiger partial charge in [0.2, 0.25) is 0 Å². The molecule has 0 spiro atoms. The zero-order valence-electron chi connectivity index (χ0n) is 10.4. The van der Waals surface area contributed by atoms with Crippen LogP contribution in [-0.2, 0) is 17.1 Å². The van der Waals surface area contributed by atoms with Gasteiger partial charge in [-0.25, -0.2) is 8.42 Å². The first-order valence-electron chi connectivity index (χ1n) is 5.24. The van der Waals surface area contributed by atoms with E-state index in [4.69, 9.17) is 34.1 Å². The molecule has 2 aromatic rings. The van der Waals surface area contributed by atoms with Crippen molar-refractivity contribution in [2.45, 2.75) is 4.90 Å². The van der Waals surface area contributed by atoms with E-state index in [9.17, 15) is 8.42 Å². The van der Waals surface area contributed by atoms with Crippen LogP contribution in [0, 0.1) is 0 Å². The van der Waals surface area contributed by atoms with Gasteiger partial charge in [-0.3, -0.25) is 9.40 Å². The summed E-state index contributed by atoms with van der Waals surface area (Å²) in [6.45, 7) is 0. The summed E-state index contributed by atoms with van der Waals surface area (Å²) in [7, 11) is -2.49. The SMILES string of the molecule is Cn1ncc(C(N)=NO)c1NS(=O)(=O)c1cc(Cl)sc1Cl. The number of amidine groups is 1. The standard InChI is InChI=1S/C9H9Cl2N5O3S2/c1-16-9(4(3-13-16)8(12)14-17)15-21(18,19)5-2-6(10)20-7(5)11/h2-3,15,17H,1H3,(H2,12,14). The van der Waals surface area contributed by atoms with Crippen molar-refractivity contribution in [2.24, 2.45) is 17.9 Å². The first-order chi connectivity index (χ1) is 9.76. The van der Waals surface area contributed by atoms with E-state index in [0.29, 0.717) is 0 Å². The average Bonchev–Trinajstić information content (AvgIpc) is 2.92. The molecule has 0 bridgehead atoms. The van der Waals surface area contributed by atoms with Gasteiger partial charge in [-0.1, -0.05) is 28.4 Å². The molecule has 0 unspecified atom stereocenters. The normalized spacial score (nSPS) is 12.6. The molecule has 0 atom stereocenters. The molecule has 0 aliphatic rings. The molecule has 114 valence electrons. The van der Waals surface area contributed by atoms with Crippen LogP contribution in [-0.4, -0.2) is 29.2 Å². The Balaban J connectivity index is 2.47. The van der Waals surface area contributed by atoms with Crippen LogP contribution in [0.2, 0.25) is 8.67 Å². The fourth-order valence-electron chi connectivity index (χ4n) is 1.49. The van der Waals surface area contributed by atoms with Gasteiger partial charge in [0.15, 0.2) is 5.84 Å². The van der Waals surface area contributed by atoms with Gasteiger partial charge < -0.3 is 10.9 Å². The third-order valence-electron chi connectivity index (χ3n) is 2.47. The van der Waals surface area contributed by atoms with E-state index in [1.54, 1.807) is 0 Å². The Morgan fingerprint density at radius 3 is 2.76 bits per heavy atom. The summed E-state index contributed by atoms with van der Waals surface area (Å²) in [5, 5.41) is 15.4. The van der Waals surface area contributed by atoms with Gasteiger partial charge in [-0.2, -0.15) is 5.10 Å². The fraction of sp³-hybridized carbons (Fsp3) is 0.111. The van der Waals surface area contributed by atoms with Gasteiger partial charge in [0, 0.05) is 7.05 Å². The van der Waals surface area contributed by atoms with Crippen molar-refractivity contribution in [2.75, 3.05) is 4.72 Å². The summed E-state index contributed by atoms with van der Waals surface area (Å²) >= 11 is 12.5. The fourth-order valence-corrected chi connectivity index (χ4v) is 4.75. The molecule has 4 N–H and O–H groups in total. The second kappa shape index (κ2) is 5.72. The quantitative estimate of drug-likeness (QED) is 0.327. The third kappa shape index (κ3) is 3.07. The molecule has 0 aromatic carbocycles. The number of hydrogen-bond acceptors (Lipinski definition) is 6. The number of nitrogens with one attached hydrogen (secondary N) is 1. The highest BCUT2D eigenvalue weighted by Gasteiger charge is 2.24. The van der Waals surface area contributed by atoms with E-state index >= 15 is 0 Å². The second-order valence-electron chi connectivity index (χ2n) is 3.81. The van der Waals surface area contributed by atoms with E-state index in [2.05, 4.69) is 15.0 Å². The number of aryl methyl sites for hydroxylation is 1. The highest BCUT2D eigenvalue weighted by atomic mass is 35.5. The molecule has 0 amide bonds. The Bertz CT molecular complexity index is 811. The molecule has 0 saturated heterocycles. The molecular formula is C9H9Cl2N5O3S2. The van der Waals surface area contributed by atoms with Crippen molar-refractivity contribution in [3.8, 4) is 0 Å². The predicted molar refractivity (Wildman–Crippen MR) is 80.9 cm³/mol. The lowest BCUT2D eigenvalue weighted by molar-refractivity contribution is 0.318. The number of sulfonamides is 1. The molecule has 21 heavy (non-hydrogen) atoms. The number of anilines is 1. The van der Waals surface area contributed by atoms with E-state index in [1.165, 1.54) is 24.0 Å². The molecule has 12 heteroatoms. The minimum atomic E-state index is -3.99. The lowest BCUT2D eigenvalue weighted by Crippen LogP contribution is -2.20. The molecule has 2 rings (SSSR count). The average molecular weight is 370 g/mol. The molecule has 8 nitrogen and oxygen atoms in total. The lowest BCUT2D eigenvalue weighted by Gasteiger charge is -2.09. The van der Waals surface area contributed by atoms with E-state index in [-0.39, 0.29) is 30.8 Å². The summed E-state index contributed by atoms with van der Waals surface area (Å²) in [4.78, 5) is -0.161. The highest BCUT2D eigenvalue weighted by Crippen LogP contribution is 2.35. The number of hydrogen-bond donors (Lipinski definition) is 3. The van der Waals surface area contributed by atoms with Gasteiger partial charge in [-0.05, 0) is 6.07 Å². The van der Waals surface area contributed by atoms with Crippen molar-refractivity contribution in [3.05, 3.63) is 26.5 Å². The van der Waals surface area contributed by atoms with Crippen LogP contribution in [0.25, 0.3) is 0 Å². The zero-order valence-corrected chi connectivity index (χ0v) is 13.6. The summed E-state index contributed by atoms with van der Waals surface area (Å²) in [5.41, 5.74) is 5.59. The van der Waals surface area contributed by atoms with Crippen LogP contribution in [0.15, 0.2) is 22.3 Å². The van der Waals surface area contributed by atoms with Crippen molar-refractivity contribution >= 4 is 56.2 Å². The molecule has 0 saturated carbocycles.